The van der Waals surface area contributed by atoms with Gasteiger partial charge >= 0.3 is 0 Å². The van der Waals surface area contributed by atoms with Crippen molar-refractivity contribution < 1.29 is 8.42 Å². The van der Waals surface area contributed by atoms with Crippen LogP contribution in [0.2, 0.25) is 0 Å². The van der Waals surface area contributed by atoms with Crippen LogP contribution in [0, 0.1) is 0 Å². The standard InChI is InChI=1S/C12H15N3O2S2/c1-19(16,17)7-6-13-9-12-15-8-11(18-12)10-4-2-3-5-14-10/h2-5,8,13H,6-7,9H2,1H3. The quantitative estimate of drug-likeness (QED) is 0.815. The SMILES string of the molecule is CS(=O)(=O)CCNCc1ncc(-c2ccccn2)s1. The summed E-state index contributed by atoms with van der Waals surface area (Å²) >= 11 is 1.56. The topological polar surface area (TPSA) is 72.0 Å². The maximum absolute atomic E-state index is 11.0. The first-order valence-electron chi connectivity index (χ1n) is 5.79. The van der Waals surface area contributed by atoms with Gasteiger partial charge in [-0.3, -0.25) is 4.98 Å². The zero-order chi connectivity index (χ0) is 13.7. The zero-order valence-electron chi connectivity index (χ0n) is 10.5. The van der Waals surface area contributed by atoms with E-state index >= 15 is 0 Å². The van der Waals surface area contributed by atoms with Crippen molar-refractivity contribution in [1.82, 2.24) is 15.3 Å². The lowest BCUT2D eigenvalue weighted by molar-refractivity contribution is 0.596. The molecule has 7 heteroatoms. The highest BCUT2D eigenvalue weighted by atomic mass is 32.2. The maximum atomic E-state index is 11.0. The summed E-state index contributed by atoms with van der Waals surface area (Å²) in [6.07, 6.45) is 4.77. The molecule has 0 fully saturated rings. The lowest BCUT2D eigenvalue weighted by Gasteiger charge is -2.00. The Bertz CT molecular complexity index is 623. The van der Waals surface area contributed by atoms with Crippen molar-refractivity contribution in [1.29, 1.82) is 0 Å². The molecular weight excluding hydrogens is 282 g/mol. The van der Waals surface area contributed by atoms with Crippen LogP contribution in [0.5, 0.6) is 0 Å². The molecule has 0 aliphatic carbocycles. The molecule has 0 bridgehead atoms. The smallest absolute Gasteiger partial charge is 0.148 e. The molecular formula is C12H15N3O2S2. The molecule has 2 heterocycles. The van der Waals surface area contributed by atoms with Gasteiger partial charge in [0.25, 0.3) is 0 Å². The van der Waals surface area contributed by atoms with Crippen LogP contribution in [0.1, 0.15) is 5.01 Å². The lowest BCUT2D eigenvalue weighted by atomic mass is 10.3. The number of pyridine rings is 1. The molecule has 19 heavy (non-hydrogen) atoms. The second kappa shape index (κ2) is 6.23. The number of rotatable bonds is 6. The molecule has 2 rings (SSSR count). The maximum Gasteiger partial charge on any atom is 0.148 e. The minimum atomic E-state index is -2.91. The molecule has 0 radical (unpaired) electrons. The number of nitrogens with one attached hydrogen (secondary N) is 1. The van der Waals surface area contributed by atoms with E-state index in [0.29, 0.717) is 13.1 Å². The van der Waals surface area contributed by atoms with Gasteiger partial charge in [-0.1, -0.05) is 6.07 Å². The fraction of sp³-hybridized carbons (Fsp3) is 0.333. The Labute approximate surface area is 116 Å². The number of hydrogen-bond donors (Lipinski definition) is 1. The van der Waals surface area contributed by atoms with Crippen LogP contribution in [-0.4, -0.2) is 36.9 Å². The fourth-order valence-corrected chi connectivity index (χ4v) is 2.85. The van der Waals surface area contributed by atoms with Crippen LogP contribution < -0.4 is 5.32 Å². The molecule has 102 valence electrons. The summed E-state index contributed by atoms with van der Waals surface area (Å²) in [6, 6.07) is 5.75. The van der Waals surface area contributed by atoms with Gasteiger partial charge in [0.1, 0.15) is 14.8 Å². The van der Waals surface area contributed by atoms with Gasteiger partial charge in [-0.25, -0.2) is 13.4 Å². The number of sulfone groups is 1. The summed E-state index contributed by atoms with van der Waals surface area (Å²) in [4.78, 5) is 9.57. The Morgan fingerprint density at radius 1 is 1.32 bits per heavy atom. The van der Waals surface area contributed by atoms with Crippen LogP contribution in [0.15, 0.2) is 30.6 Å². The highest BCUT2D eigenvalue weighted by Gasteiger charge is 2.05. The molecule has 0 aliphatic rings. The molecule has 0 spiro atoms. The Hall–Kier alpha value is -1.31. The highest BCUT2D eigenvalue weighted by molar-refractivity contribution is 7.90. The van der Waals surface area contributed by atoms with Gasteiger partial charge in [0.2, 0.25) is 0 Å². The molecule has 0 amide bonds. The third kappa shape index (κ3) is 4.70. The number of nitrogens with zero attached hydrogens (tertiary/aromatic N) is 2. The molecule has 0 atom stereocenters. The van der Waals surface area contributed by atoms with Gasteiger partial charge in [0, 0.05) is 31.7 Å². The van der Waals surface area contributed by atoms with Crippen molar-refractivity contribution in [2.45, 2.75) is 6.54 Å². The van der Waals surface area contributed by atoms with E-state index in [1.807, 2.05) is 18.2 Å². The zero-order valence-corrected chi connectivity index (χ0v) is 12.2. The van der Waals surface area contributed by atoms with E-state index in [-0.39, 0.29) is 5.75 Å². The molecule has 5 nitrogen and oxygen atoms in total. The number of hydrogen-bond acceptors (Lipinski definition) is 6. The summed E-state index contributed by atoms with van der Waals surface area (Å²) < 4.78 is 21.9. The van der Waals surface area contributed by atoms with Gasteiger partial charge in [-0.2, -0.15) is 0 Å². The summed E-state index contributed by atoms with van der Waals surface area (Å²) in [7, 11) is -2.91. The molecule has 0 aromatic carbocycles. The van der Waals surface area contributed by atoms with Gasteiger partial charge in [-0.05, 0) is 12.1 Å². The molecule has 0 aliphatic heterocycles. The Kier molecular flexibility index (Phi) is 4.62. The first kappa shape index (κ1) is 14.1. The third-order valence-corrected chi connectivity index (χ3v) is 4.36. The van der Waals surface area contributed by atoms with Crippen LogP contribution in [0.25, 0.3) is 10.6 Å². The first-order chi connectivity index (χ1) is 9.04. The van der Waals surface area contributed by atoms with Gasteiger partial charge in [0.05, 0.1) is 16.3 Å². The van der Waals surface area contributed by atoms with Gasteiger partial charge < -0.3 is 5.32 Å². The average molecular weight is 297 g/mol. The molecule has 1 N–H and O–H groups in total. The van der Waals surface area contributed by atoms with Crippen molar-refractivity contribution >= 4 is 21.2 Å². The second-order valence-corrected chi connectivity index (χ2v) is 7.51. The van der Waals surface area contributed by atoms with Gasteiger partial charge in [-0.15, -0.1) is 11.3 Å². The Morgan fingerprint density at radius 2 is 2.16 bits per heavy atom. The van der Waals surface area contributed by atoms with E-state index in [0.717, 1.165) is 15.6 Å². The molecule has 0 saturated heterocycles. The van der Waals surface area contributed by atoms with Crippen LogP contribution >= 0.6 is 11.3 Å². The minimum Gasteiger partial charge on any atom is -0.309 e. The van der Waals surface area contributed by atoms with Crippen LogP contribution in [0.3, 0.4) is 0 Å². The van der Waals surface area contributed by atoms with E-state index in [4.69, 9.17) is 0 Å². The van der Waals surface area contributed by atoms with Crippen molar-refractivity contribution in [3.63, 3.8) is 0 Å². The van der Waals surface area contributed by atoms with E-state index in [1.165, 1.54) is 6.26 Å². The fourth-order valence-electron chi connectivity index (χ4n) is 1.47. The monoisotopic (exact) mass is 297 g/mol. The van der Waals surface area contributed by atoms with Crippen molar-refractivity contribution in [2.24, 2.45) is 0 Å². The summed E-state index contributed by atoms with van der Waals surface area (Å²) in [6.45, 7) is 1.02. The first-order valence-corrected chi connectivity index (χ1v) is 8.67. The van der Waals surface area contributed by atoms with Crippen molar-refractivity contribution in [3.05, 3.63) is 35.6 Å². The lowest BCUT2D eigenvalue weighted by Crippen LogP contribution is -2.21. The summed E-state index contributed by atoms with van der Waals surface area (Å²) in [5, 5.41) is 4.00. The summed E-state index contributed by atoms with van der Waals surface area (Å²) in [5.41, 5.74) is 0.905. The van der Waals surface area contributed by atoms with Crippen LogP contribution in [0.4, 0.5) is 0 Å². The Balaban J connectivity index is 1.88. The van der Waals surface area contributed by atoms with E-state index in [2.05, 4.69) is 15.3 Å². The summed E-state index contributed by atoms with van der Waals surface area (Å²) in [5.74, 6) is 0.144. The van der Waals surface area contributed by atoms with Crippen LogP contribution in [-0.2, 0) is 16.4 Å². The largest absolute Gasteiger partial charge is 0.309 e. The average Bonchev–Trinajstić information content (AvgIpc) is 2.83. The molecule has 0 unspecified atom stereocenters. The predicted molar refractivity (Wildman–Crippen MR) is 76.8 cm³/mol. The van der Waals surface area contributed by atoms with Crippen molar-refractivity contribution in [2.75, 3.05) is 18.6 Å². The number of thiazole rings is 1. The predicted octanol–water partition coefficient (Wildman–Crippen LogP) is 1.34. The third-order valence-electron chi connectivity index (χ3n) is 2.40. The van der Waals surface area contributed by atoms with E-state index < -0.39 is 9.84 Å². The molecule has 2 aromatic heterocycles. The highest BCUT2D eigenvalue weighted by Crippen LogP contribution is 2.23. The minimum absolute atomic E-state index is 0.144. The normalized spacial score (nSPS) is 11.6. The Morgan fingerprint density at radius 3 is 2.84 bits per heavy atom. The van der Waals surface area contributed by atoms with Crippen molar-refractivity contribution in [3.8, 4) is 10.6 Å². The second-order valence-electron chi connectivity index (χ2n) is 4.14. The van der Waals surface area contributed by atoms with Gasteiger partial charge in [0.15, 0.2) is 0 Å². The molecule has 0 saturated carbocycles. The van der Waals surface area contributed by atoms with E-state index in [1.54, 1.807) is 23.7 Å². The van der Waals surface area contributed by atoms with E-state index in [9.17, 15) is 8.42 Å². The molecule has 2 aromatic rings. The number of aromatic nitrogens is 2.